The van der Waals surface area contributed by atoms with Crippen molar-refractivity contribution < 1.29 is 18.7 Å². The van der Waals surface area contributed by atoms with Crippen molar-refractivity contribution in [2.45, 2.75) is 26.5 Å². The highest BCUT2D eigenvalue weighted by Crippen LogP contribution is 2.38. The monoisotopic (exact) mass is 522 g/mol. The summed E-state index contributed by atoms with van der Waals surface area (Å²) in [5, 5.41) is 12.4. The molecule has 3 aromatic carbocycles. The molecule has 3 rings (SSSR count). The molecule has 5 nitrogen and oxygen atoms in total. The molecule has 0 heterocycles. The van der Waals surface area contributed by atoms with Gasteiger partial charge in [-0.1, -0.05) is 48.5 Å². The molecule has 0 spiro atoms. The summed E-state index contributed by atoms with van der Waals surface area (Å²) in [4.78, 5) is 12.7. The average Bonchev–Trinajstić information content (AvgIpc) is 2.83. The van der Waals surface area contributed by atoms with E-state index in [1.807, 2.05) is 50.2 Å². The van der Waals surface area contributed by atoms with Crippen molar-refractivity contribution in [1.82, 2.24) is 5.32 Å². The molecular weight excluding hydrogens is 499 g/mol. The Morgan fingerprint density at radius 2 is 1.85 bits per heavy atom. The number of rotatable bonds is 9. The Kier molecular flexibility index (Phi) is 8.83. The number of nitrogens with one attached hydrogen (secondary N) is 1. The standard InChI is InChI=1S/C27H24BrFN2O3/c1-3-33-25-15-19(14-23(28)26(25)34-17-21-11-7-8-12-24(21)29)13-22(16-30)27(32)31-18(2)20-9-5-4-6-10-20/h4-15,18H,3,17H2,1-2H3,(H,31,32)/b22-13-/t18-/m0/s1. The summed E-state index contributed by atoms with van der Waals surface area (Å²) in [5.74, 6) is -0.0175. The van der Waals surface area contributed by atoms with Gasteiger partial charge in [0.05, 0.1) is 17.1 Å². The molecule has 0 aromatic heterocycles. The zero-order chi connectivity index (χ0) is 24.5. The van der Waals surface area contributed by atoms with Crippen molar-refractivity contribution in [3.63, 3.8) is 0 Å². The SMILES string of the molecule is CCOc1cc(/C=C(/C#N)C(=O)N[C@@H](C)c2ccccc2)cc(Br)c1OCc1ccccc1F. The van der Waals surface area contributed by atoms with E-state index in [4.69, 9.17) is 9.47 Å². The topological polar surface area (TPSA) is 71.3 Å². The van der Waals surface area contributed by atoms with E-state index in [0.717, 1.165) is 5.56 Å². The third-order valence-electron chi connectivity index (χ3n) is 4.98. The molecule has 0 unspecified atom stereocenters. The fraction of sp³-hybridized carbons (Fsp3) is 0.185. The van der Waals surface area contributed by atoms with Crippen molar-refractivity contribution in [3.05, 3.63) is 99.3 Å². The van der Waals surface area contributed by atoms with Gasteiger partial charge in [-0.3, -0.25) is 4.79 Å². The summed E-state index contributed by atoms with van der Waals surface area (Å²) in [7, 11) is 0. The Hall–Kier alpha value is -3.63. The molecule has 1 amide bonds. The van der Waals surface area contributed by atoms with Crippen LogP contribution in [0.1, 0.15) is 36.6 Å². The second-order valence-electron chi connectivity index (χ2n) is 7.42. The number of nitrogens with zero attached hydrogens (tertiary/aromatic N) is 1. The van der Waals surface area contributed by atoms with Gasteiger partial charge in [0.2, 0.25) is 0 Å². The quantitative estimate of drug-likeness (QED) is 0.262. The maximum absolute atomic E-state index is 14.0. The van der Waals surface area contributed by atoms with E-state index in [9.17, 15) is 14.4 Å². The summed E-state index contributed by atoms with van der Waals surface area (Å²) < 4.78 is 26.1. The zero-order valence-corrected chi connectivity index (χ0v) is 20.4. The van der Waals surface area contributed by atoms with Gasteiger partial charge < -0.3 is 14.8 Å². The van der Waals surface area contributed by atoms with Gasteiger partial charge in [-0.15, -0.1) is 0 Å². The lowest BCUT2D eigenvalue weighted by Crippen LogP contribution is -2.27. The Bertz CT molecular complexity index is 1220. The summed E-state index contributed by atoms with van der Waals surface area (Å²) in [5.41, 5.74) is 1.88. The van der Waals surface area contributed by atoms with E-state index >= 15 is 0 Å². The van der Waals surface area contributed by atoms with Crippen molar-refractivity contribution in [1.29, 1.82) is 5.26 Å². The van der Waals surface area contributed by atoms with Crippen molar-refractivity contribution in [3.8, 4) is 17.6 Å². The number of benzene rings is 3. The van der Waals surface area contributed by atoms with E-state index < -0.39 is 5.91 Å². The van der Waals surface area contributed by atoms with Gasteiger partial charge in [-0.2, -0.15) is 5.26 Å². The lowest BCUT2D eigenvalue weighted by Gasteiger charge is -2.16. The number of halogens is 2. The predicted molar refractivity (Wildman–Crippen MR) is 133 cm³/mol. The zero-order valence-electron chi connectivity index (χ0n) is 18.8. The van der Waals surface area contributed by atoms with Gasteiger partial charge in [0.25, 0.3) is 5.91 Å². The first-order chi connectivity index (χ1) is 16.4. The molecule has 0 aliphatic heterocycles. The Morgan fingerprint density at radius 3 is 2.53 bits per heavy atom. The molecule has 1 atom stereocenters. The van der Waals surface area contributed by atoms with Crippen molar-refractivity contribution >= 4 is 27.9 Å². The number of carbonyl (C=O) groups is 1. The van der Waals surface area contributed by atoms with Crippen LogP contribution in [0.2, 0.25) is 0 Å². The predicted octanol–water partition coefficient (Wildman–Crippen LogP) is 6.35. The van der Waals surface area contributed by atoms with E-state index in [-0.39, 0.29) is 24.0 Å². The van der Waals surface area contributed by atoms with Gasteiger partial charge in [-0.05, 0) is 65.2 Å². The maximum atomic E-state index is 14.0. The number of ether oxygens (including phenoxy) is 2. The van der Waals surface area contributed by atoms with E-state index in [2.05, 4.69) is 21.2 Å². The van der Waals surface area contributed by atoms with Gasteiger partial charge in [0, 0.05) is 5.56 Å². The van der Waals surface area contributed by atoms with Gasteiger partial charge >= 0.3 is 0 Å². The molecule has 34 heavy (non-hydrogen) atoms. The number of amides is 1. The molecule has 1 N–H and O–H groups in total. The van der Waals surface area contributed by atoms with Crippen LogP contribution in [-0.2, 0) is 11.4 Å². The van der Waals surface area contributed by atoms with Crippen LogP contribution in [0.4, 0.5) is 4.39 Å². The van der Waals surface area contributed by atoms with Crippen LogP contribution in [0.5, 0.6) is 11.5 Å². The minimum absolute atomic E-state index is 0.0176. The summed E-state index contributed by atoms with van der Waals surface area (Å²) in [6.45, 7) is 4.07. The lowest BCUT2D eigenvalue weighted by atomic mass is 10.1. The van der Waals surface area contributed by atoms with Crippen molar-refractivity contribution in [2.24, 2.45) is 0 Å². The Labute approximate surface area is 207 Å². The first-order valence-corrected chi connectivity index (χ1v) is 11.5. The molecule has 174 valence electrons. The van der Waals surface area contributed by atoms with Crippen LogP contribution >= 0.6 is 15.9 Å². The fourth-order valence-electron chi connectivity index (χ4n) is 3.25. The molecule has 0 saturated carbocycles. The first-order valence-electron chi connectivity index (χ1n) is 10.7. The molecule has 0 radical (unpaired) electrons. The molecule has 0 fully saturated rings. The molecular formula is C27H24BrFN2O3. The van der Waals surface area contributed by atoms with Crippen LogP contribution in [0.25, 0.3) is 6.08 Å². The largest absolute Gasteiger partial charge is 0.490 e. The van der Waals surface area contributed by atoms with Gasteiger partial charge in [0.15, 0.2) is 11.5 Å². The van der Waals surface area contributed by atoms with Gasteiger partial charge in [0.1, 0.15) is 24.1 Å². The second-order valence-corrected chi connectivity index (χ2v) is 8.27. The molecule has 0 aliphatic rings. The van der Waals surface area contributed by atoms with E-state index in [0.29, 0.717) is 33.7 Å². The minimum atomic E-state index is -0.479. The van der Waals surface area contributed by atoms with Crippen molar-refractivity contribution in [2.75, 3.05) is 6.61 Å². The first kappa shape index (κ1) is 25.0. The Morgan fingerprint density at radius 1 is 1.15 bits per heavy atom. The highest BCUT2D eigenvalue weighted by molar-refractivity contribution is 9.10. The summed E-state index contributed by atoms with van der Waals surface area (Å²) >= 11 is 3.47. The molecule has 7 heteroatoms. The molecule has 0 bridgehead atoms. The number of carbonyl (C=O) groups excluding carboxylic acids is 1. The van der Waals surface area contributed by atoms with Gasteiger partial charge in [-0.25, -0.2) is 4.39 Å². The van der Waals surface area contributed by atoms with Crippen LogP contribution in [0, 0.1) is 17.1 Å². The summed E-state index contributed by atoms with van der Waals surface area (Å²) in [6.07, 6.45) is 1.49. The van der Waals surface area contributed by atoms with Crippen LogP contribution in [-0.4, -0.2) is 12.5 Å². The highest BCUT2D eigenvalue weighted by atomic mass is 79.9. The minimum Gasteiger partial charge on any atom is -0.490 e. The Balaban J connectivity index is 1.83. The van der Waals surface area contributed by atoms with Crippen LogP contribution in [0.3, 0.4) is 0 Å². The number of hydrogen-bond acceptors (Lipinski definition) is 4. The van der Waals surface area contributed by atoms with Crippen LogP contribution in [0.15, 0.2) is 76.8 Å². The third kappa shape index (κ3) is 6.46. The fourth-order valence-corrected chi connectivity index (χ4v) is 3.83. The smallest absolute Gasteiger partial charge is 0.262 e. The molecule has 3 aromatic rings. The molecule has 0 saturated heterocycles. The van der Waals surface area contributed by atoms with Crippen LogP contribution < -0.4 is 14.8 Å². The van der Waals surface area contributed by atoms with E-state index in [1.165, 1.54) is 12.1 Å². The van der Waals surface area contributed by atoms with E-state index in [1.54, 1.807) is 30.3 Å². The number of hydrogen-bond donors (Lipinski definition) is 1. The maximum Gasteiger partial charge on any atom is 0.262 e. The number of nitriles is 1. The second kappa shape index (κ2) is 12.0. The summed E-state index contributed by atoms with van der Waals surface area (Å²) in [6, 6.07) is 21.0. The highest BCUT2D eigenvalue weighted by Gasteiger charge is 2.17. The lowest BCUT2D eigenvalue weighted by molar-refractivity contribution is -0.117. The average molecular weight is 523 g/mol. The molecule has 0 aliphatic carbocycles. The third-order valence-corrected chi connectivity index (χ3v) is 5.57. The normalized spacial score (nSPS) is 11.9.